The first kappa shape index (κ1) is 24.1. The van der Waals surface area contributed by atoms with E-state index in [1.165, 1.54) is 23.5 Å². The minimum Gasteiger partial charge on any atom is -0.286 e. The molecule has 1 aromatic heterocycles. The van der Waals surface area contributed by atoms with Gasteiger partial charge in [0.1, 0.15) is 0 Å². The number of carbonyl (C=O) groups excluding carboxylic acids is 2. The minimum atomic E-state index is -1.09. The number of nitrogens with zero attached hydrogens (tertiary/aromatic N) is 3. The Hall–Kier alpha value is -3.30. The molecule has 6 rings (SSSR count). The molecule has 3 heterocycles. The van der Waals surface area contributed by atoms with Gasteiger partial charge in [0.2, 0.25) is 10.1 Å². The number of benzene rings is 3. The summed E-state index contributed by atoms with van der Waals surface area (Å²) in [5.74, 6) is -0.349. The molecule has 3 aromatic carbocycles. The molecule has 5 nitrogen and oxygen atoms in total. The second kappa shape index (κ2) is 9.87. The van der Waals surface area contributed by atoms with Crippen LogP contribution in [-0.4, -0.2) is 21.1 Å². The number of hydrogen-bond acceptors (Lipinski definition) is 7. The maximum atomic E-state index is 14.0. The van der Waals surface area contributed by atoms with E-state index in [-0.39, 0.29) is 11.7 Å². The normalized spacial score (nSPS) is 20.2. The van der Waals surface area contributed by atoms with Crippen molar-refractivity contribution >= 4 is 80.6 Å². The van der Waals surface area contributed by atoms with E-state index in [2.05, 4.69) is 0 Å². The number of hydrazone groups is 1. The second-order valence-corrected chi connectivity index (χ2v) is 12.2. The van der Waals surface area contributed by atoms with Crippen LogP contribution < -0.4 is 9.91 Å². The Morgan fingerprint density at radius 3 is 2.22 bits per heavy atom. The quantitative estimate of drug-likeness (QED) is 0.186. The molecule has 1 saturated heterocycles. The number of hydrogen-bond donors (Lipinski definition) is 0. The summed E-state index contributed by atoms with van der Waals surface area (Å²) in [6.45, 7) is 0. The number of Topliss-reactive ketones (excluding diaryl/α,β-unsaturated/α-hetero) is 1. The lowest BCUT2D eigenvalue weighted by molar-refractivity contribution is -0.114. The predicted molar refractivity (Wildman–Crippen MR) is 156 cm³/mol. The number of thioether (sulfide) groups is 2. The first-order chi connectivity index (χ1) is 18.0. The lowest BCUT2D eigenvalue weighted by Crippen LogP contribution is -2.51. The fraction of sp³-hybridized carbons (Fsp3) is 0.0357. The zero-order valence-corrected chi connectivity index (χ0v) is 22.4. The Bertz CT molecular complexity index is 1520. The van der Waals surface area contributed by atoms with Crippen LogP contribution in [-0.2, 0) is 4.79 Å². The fourth-order valence-corrected chi connectivity index (χ4v) is 7.87. The highest BCUT2D eigenvalue weighted by Gasteiger charge is 2.60. The number of amides is 1. The summed E-state index contributed by atoms with van der Waals surface area (Å²) in [5.41, 5.74) is 1.97. The molecule has 2 aliphatic rings. The van der Waals surface area contributed by atoms with Gasteiger partial charge in [-0.3, -0.25) is 14.5 Å². The maximum Gasteiger partial charge on any atom is 0.268 e. The fourth-order valence-electron chi connectivity index (χ4n) is 4.08. The van der Waals surface area contributed by atoms with Gasteiger partial charge in [0.15, 0.2) is 5.04 Å². The molecule has 0 N–H and O–H groups in total. The van der Waals surface area contributed by atoms with E-state index >= 15 is 0 Å². The molecule has 182 valence electrons. The molecule has 4 aromatic rings. The van der Waals surface area contributed by atoms with E-state index in [0.29, 0.717) is 31.9 Å². The van der Waals surface area contributed by atoms with Gasteiger partial charge < -0.3 is 0 Å². The molecular weight excluding hydrogens is 542 g/mol. The Labute approximate surface area is 231 Å². The van der Waals surface area contributed by atoms with Crippen molar-refractivity contribution in [3.63, 3.8) is 0 Å². The van der Waals surface area contributed by atoms with Crippen LogP contribution in [0.1, 0.15) is 15.2 Å². The highest BCUT2D eigenvalue weighted by atomic mass is 35.5. The van der Waals surface area contributed by atoms with Crippen LogP contribution >= 0.6 is 46.5 Å². The largest absolute Gasteiger partial charge is 0.286 e. The van der Waals surface area contributed by atoms with E-state index in [1.54, 1.807) is 45.5 Å². The molecule has 1 fully saturated rings. The highest BCUT2D eigenvalue weighted by molar-refractivity contribution is 8.29. The molecule has 1 amide bonds. The minimum absolute atomic E-state index is 0.153. The molecular formula is C28H18ClN3O2S3. The van der Waals surface area contributed by atoms with Crippen LogP contribution in [0.15, 0.2) is 112 Å². The van der Waals surface area contributed by atoms with Gasteiger partial charge in [-0.05, 0) is 65.7 Å². The zero-order valence-electron chi connectivity index (χ0n) is 19.2. The van der Waals surface area contributed by atoms with Crippen LogP contribution in [0.3, 0.4) is 0 Å². The van der Waals surface area contributed by atoms with Crippen LogP contribution in [0.2, 0.25) is 5.02 Å². The van der Waals surface area contributed by atoms with Gasteiger partial charge in [-0.15, -0.1) is 11.3 Å². The Morgan fingerprint density at radius 1 is 0.838 bits per heavy atom. The maximum absolute atomic E-state index is 14.0. The standard InChI is InChI=1S/C28H18ClN3O2S3/c29-20-13-15-22(16-14-20)32-28(37-26(30-32)25(33)19-8-3-1-4-9-19)31(21-10-5-2-6-11-21)27(34)24(36-28)18-23-12-7-17-35-23/h1-18H/b24-18+. The summed E-state index contributed by atoms with van der Waals surface area (Å²) in [6.07, 6.45) is 1.90. The van der Waals surface area contributed by atoms with E-state index in [0.717, 1.165) is 4.88 Å². The van der Waals surface area contributed by atoms with Gasteiger partial charge in [0.05, 0.1) is 10.6 Å². The summed E-state index contributed by atoms with van der Waals surface area (Å²) < 4.78 is -1.09. The second-order valence-electron chi connectivity index (χ2n) is 8.14. The van der Waals surface area contributed by atoms with Crippen molar-refractivity contribution in [3.8, 4) is 0 Å². The number of halogens is 1. The SMILES string of the molecule is O=C(C1=NN(c2ccc(Cl)cc2)C2(S1)S/C(=C/c1cccs1)C(=O)N2c1ccccc1)c1ccccc1. The summed E-state index contributed by atoms with van der Waals surface area (Å²) in [4.78, 5) is 30.8. The molecule has 1 unspecified atom stereocenters. The van der Waals surface area contributed by atoms with Crippen LogP contribution in [0.5, 0.6) is 0 Å². The molecule has 0 radical (unpaired) electrons. The Kier molecular flexibility index (Phi) is 6.42. The van der Waals surface area contributed by atoms with Crippen LogP contribution in [0.25, 0.3) is 6.08 Å². The Morgan fingerprint density at radius 2 is 1.54 bits per heavy atom. The number of rotatable bonds is 5. The van der Waals surface area contributed by atoms with E-state index in [1.807, 2.05) is 84.3 Å². The summed E-state index contributed by atoms with van der Waals surface area (Å²) in [7, 11) is 0. The van der Waals surface area contributed by atoms with Crippen molar-refractivity contribution in [1.82, 2.24) is 0 Å². The van der Waals surface area contributed by atoms with Gasteiger partial charge >= 0.3 is 0 Å². The first-order valence-electron chi connectivity index (χ1n) is 11.3. The molecule has 0 aliphatic carbocycles. The lowest BCUT2D eigenvalue weighted by atomic mass is 10.1. The number of ketones is 1. The average molecular weight is 560 g/mol. The molecule has 1 atom stereocenters. The Balaban J connectivity index is 1.52. The lowest BCUT2D eigenvalue weighted by Gasteiger charge is -2.38. The number of para-hydroxylation sites is 1. The van der Waals surface area contributed by atoms with E-state index in [9.17, 15) is 9.59 Å². The van der Waals surface area contributed by atoms with Gasteiger partial charge in [0.25, 0.3) is 5.91 Å². The number of thiophene rings is 1. The average Bonchev–Trinajstić information content (AvgIpc) is 3.64. The third-order valence-electron chi connectivity index (χ3n) is 5.76. The van der Waals surface area contributed by atoms with Crippen molar-refractivity contribution in [1.29, 1.82) is 0 Å². The van der Waals surface area contributed by atoms with E-state index in [4.69, 9.17) is 16.7 Å². The first-order valence-corrected chi connectivity index (χ1v) is 14.2. The molecule has 1 spiro atoms. The van der Waals surface area contributed by atoms with Gasteiger partial charge in [-0.25, -0.2) is 5.01 Å². The third kappa shape index (κ3) is 4.40. The van der Waals surface area contributed by atoms with Crippen molar-refractivity contribution < 1.29 is 9.59 Å². The summed E-state index contributed by atoms with van der Waals surface area (Å²) in [6, 6.07) is 29.7. The molecule has 2 aliphatic heterocycles. The van der Waals surface area contributed by atoms with Crippen molar-refractivity contribution in [3.05, 3.63) is 123 Å². The van der Waals surface area contributed by atoms with Crippen LogP contribution in [0, 0.1) is 0 Å². The van der Waals surface area contributed by atoms with E-state index < -0.39 is 4.33 Å². The number of anilines is 2. The highest BCUT2D eigenvalue weighted by Crippen LogP contribution is 2.59. The zero-order chi connectivity index (χ0) is 25.4. The number of carbonyl (C=O) groups is 2. The predicted octanol–water partition coefficient (Wildman–Crippen LogP) is 7.58. The van der Waals surface area contributed by atoms with Crippen molar-refractivity contribution in [2.24, 2.45) is 5.10 Å². The molecule has 0 bridgehead atoms. The van der Waals surface area contributed by atoms with Crippen molar-refractivity contribution in [2.45, 2.75) is 4.33 Å². The topological polar surface area (TPSA) is 53.0 Å². The summed E-state index contributed by atoms with van der Waals surface area (Å²) in [5, 5.41) is 9.45. The van der Waals surface area contributed by atoms with Crippen LogP contribution in [0.4, 0.5) is 11.4 Å². The molecule has 9 heteroatoms. The summed E-state index contributed by atoms with van der Waals surface area (Å²) >= 11 is 10.4. The van der Waals surface area contributed by atoms with Crippen molar-refractivity contribution in [2.75, 3.05) is 9.91 Å². The van der Waals surface area contributed by atoms with Gasteiger partial charge in [-0.1, -0.05) is 78.0 Å². The van der Waals surface area contributed by atoms with Gasteiger partial charge in [-0.2, -0.15) is 5.10 Å². The third-order valence-corrected chi connectivity index (χ3v) is 9.55. The van der Waals surface area contributed by atoms with Gasteiger partial charge in [0, 0.05) is 21.2 Å². The monoisotopic (exact) mass is 559 g/mol. The molecule has 37 heavy (non-hydrogen) atoms. The molecule has 0 saturated carbocycles. The smallest absolute Gasteiger partial charge is 0.268 e.